The van der Waals surface area contributed by atoms with Crippen LogP contribution in [0.2, 0.25) is 0 Å². The van der Waals surface area contributed by atoms with Crippen LogP contribution in [-0.2, 0) is 0 Å². The molecule has 0 radical (unpaired) electrons. The Morgan fingerprint density at radius 3 is 2.90 bits per heavy atom. The lowest BCUT2D eigenvalue weighted by Gasteiger charge is -2.00. The van der Waals surface area contributed by atoms with Crippen molar-refractivity contribution in [3.8, 4) is 5.75 Å². The van der Waals surface area contributed by atoms with Gasteiger partial charge in [-0.15, -0.1) is 0 Å². The van der Waals surface area contributed by atoms with Gasteiger partial charge in [-0.05, 0) is 30.7 Å². The van der Waals surface area contributed by atoms with Gasteiger partial charge in [0.15, 0.2) is 0 Å². The van der Waals surface area contributed by atoms with Crippen LogP contribution in [0.4, 0.5) is 5.13 Å². The first-order valence-electron chi connectivity index (χ1n) is 6.72. The average molecular weight is 297 g/mol. The van der Waals surface area contributed by atoms with Gasteiger partial charge in [-0.25, -0.2) is 4.98 Å². The zero-order chi connectivity index (χ0) is 14.5. The summed E-state index contributed by atoms with van der Waals surface area (Å²) < 4.78 is 6.57. The molecule has 1 N–H and O–H groups in total. The molecule has 0 atom stereocenters. The first kappa shape index (κ1) is 13.6. The Bertz CT molecular complexity index is 753. The van der Waals surface area contributed by atoms with Gasteiger partial charge in [0.2, 0.25) is 5.13 Å². The lowest BCUT2D eigenvalue weighted by molar-refractivity contribution is 0.341. The van der Waals surface area contributed by atoms with Gasteiger partial charge in [-0.2, -0.15) is 5.10 Å². The zero-order valence-corrected chi connectivity index (χ0v) is 12.4. The first-order chi connectivity index (χ1) is 10.3. The van der Waals surface area contributed by atoms with E-state index in [0.717, 1.165) is 26.7 Å². The molecular weight excluding hydrogens is 282 g/mol. The van der Waals surface area contributed by atoms with Gasteiger partial charge >= 0.3 is 0 Å². The number of nitrogens with zero attached hydrogens (tertiary/aromatic N) is 2. The number of hydrazone groups is 1. The van der Waals surface area contributed by atoms with E-state index >= 15 is 0 Å². The van der Waals surface area contributed by atoms with Gasteiger partial charge in [0.05, 0.1) is 23.0 Å². The molecule has 21 heavy (non-hydrogen) atoms. The first-order valence-corrected chi connectivity index (χ1v) is 7.54. The summed E-state index contributed by atoms with van der Waals surface area (Å²) in [6.45, 7) is 2.64. The van der Waals surface area contributed by atoms with Gasteiger partial charge in [-0.3, -0.25) is 5.43 Å². The molecule has 1 aromatic heterocycles. The van der Waals surface area contributed by atoms with Crippen molar-refractivity contribution in [2.75, 3.05) is 12.0 Å². The Balaban J connectivity index is 1.74. The third kappa shape index (κ3) is 3.38. The second kappa shape index (κ2) is 6.37. The third-order valence-corrected chi connectivity index (χ3v) is 3.77. The topological polar surface area (TPSA) is 46.5 Å². The minimum Gasteiger partial charge on any atom is -0.494 e. The number of benzene rings is 2. The Morgan fingerprint density at radius 1 is 1.24 bits per heavy atom. The largest absolute Gasteiger partial charge is 0.494 e. The second-order valence-corrected chi connectivity index (χ2v) is 5.39. The molecule has 4 nitrogen and oxygen atoms in total. The van der Waals surface area contributed by atoms with Crippen LogP contribution in [0.1, 0.15) is 12.5 Å². The lowest BCUT2D eigenvalue weighted by Crippen LogP contribution is -1.90. The molecule has 3 rings (SSSR count). The van der Waals surface area contributed by atoms with Crippen LogP contribution in [-0.4, -0.2) is 17.8 Å². The van der Waals surface area contributed by atoms with Gasteiger partial charge < -0.3 is 4.74 Å². The highest BCUT2D eigenvalue weighted by Gasteiger charge is 2.04. The third-order valence-electron chi connectivity index (χ3n) is 2.84. The Kier molecular flexibility index (Phi) is 4.12. The number of aromatic nitrogens is 1. The van der Waals surface area contributed by atoms with Crippen molar-refractivity contribution in [3.05, 3.63) is 54.1 Å². The van der Waals surface area contributed by atoms with Crippen molar-refractivity contribution in [2.24, 2.45) is 5.10 Å². The molecule has 0 aliphatic heterocycles. The maximum Gasteiger partial charge on any atom is 0.204 e. The maximum absolute atomic E-state index is 5.49. The Morgan fingerprint density at radius 2 is 2.10 bits per heavy atom. The molecule has 0 aliphatic carbocycles. The molecule has 0 saturated heterocycles. The minimum absolute atomic E-state index is 0.663. The number of fused-ring (bicyclic) bond motifs is 1. The van der Waals surface area contributed by atoms with Gasteiger partial charge in [-0.1, -0.05) is 41.7 Å². The highest BCUT2D eigenvalue weighted by atomic mass is 32.1. The molecule has 106 valence electrons. The Hall–Kier alpha value is -2.40. The predicted octanol–water partition coefficient (Wildman–Crippen LogP) is 4.14. The fraction of sp³-hybridized carbons (Fsp3) is 0.125. The SMILES string of the molecule is CCOc1ccc2nc(N/N=C/c3ccccc3)sc2c1. The highest BCUT2D eigenvalue weighted by molar-refractivity contribution is 7.22. The summed E-state index contributed by atoms with van der Waals surface area (Å²) in [4.78, 5) is 4.48. The number of ether oxygens (including phenoxy) is 1. The van der Waals surface area contributed by atoms with Crippen LogP contribution in [0, 0.1) is 0 Å². The van der Waals surface area contributed by atoms with Crippen LogP contribution in [0.25, 0.3) is 10.2 Å². The molecule has 0 amide bonds. The smallest absolute Gasteiger partial charge is 0.204 e. The van der Waals surface area contributed by atoms with E-state index in [1.807, 2.05) is 55.5 Å². The second-order valence-electron chi connectivity index (χ2n) is 4.36. The fourth-order valence-electron chi connectivity index (χ4n) is 1.91. The van der Waals surface area contributed by atoms with Crippen molar-refractivity contribution in [1.29, 1.82) is 0 Å². The lowest BCUT2D eigenvalue weighted by atomic mass is 10.2. The average Bonchev–Trinajstić information content (AvgIpc) is 2.91. The van der Waals surface area contributed by atoms with E-state index in [4.69, 9.17) is 4.74 Å². The van der Waals surface area contributed by atoms with E-state index in [2.05, 4.69) is 15.5 Å². The van der Waals surface area contributed by atoms with E-state index in [1.165, 1.54) is 0 Å². The molecule has 0 fully saturated rings. The monoisotopic (exact) mass is 297 g/mol. The van der Waals surface area contributed by atoms with Crippen LogP contribution < -0.4 is 10.2 Å². The van der Waals surface area contributed by atoms with E-state index in [1.54, 1.807) is 17.6 Å². The number of nitrogens with one attached hydrogen (secondary N) is 1. The van der Waals surface area contributed by atoms with Crippen molar-refractivity contribution in [2.45, 2.75) is 6.92 Å². The quantitative estimate of drug-likeness (QED) is 0.568. The van der Waals surface area contributed by atoms with Crippen LogP contribution in [0.15, 0.2) is 53.6 Å². The summed E-state index contributed by atoms with van der Waals surface area (Å²) in [6, 6.07) is 15.8. The van der Waals surface area contributed by atoms with E-state index in [-0.39, 0.29) is 0 Å². The molecule has 0 spiro atoms. The standard InChI is InChI=1S/C16H15N3OS/c1-2-20-13-8-9-14-15(10-13)21-16(18-14)19-17-11-12-6-4-3-5-7-12/h3-11H,2H2,1H3,(H,18,19)/b17-11+. The number of rotatable bonds is 5. The molecule has 0 aliphatic rings. The summed E-state index contributed by atoms with van der Waals surface area (Å²) in [6.07, 6.45) is 1.78. The van der Waals surface area contributed by atoms with Gasteiger partial charge in [0, 0.05) is 0 Å². The van der Waals surface area contributed by atoms with E-state index in [0.29, 0.717) is 6.61 Å². The summed E-state index contributed by atoms with van der Waals surface area (Å²) in [5, 5.41) is 4.98. The summed E-state index contributed by atoms with van der Waals surface area (Å²) in [5.41, 5.74) is 4.96. The van der Waals surface area contributed by atoms with Gasteiger partial charge in [0.25, 0.3) is 0 Å². The van der Waals surface area contributed by atoms with Crippen LogP contribution in [0.3, 0.4) is 0 Å². The van der Waals surface area contributed by atoms with Crippen molar-refractivity contribution in [1.82, 2.24) is 4.98 Å². The van der Waals surface area contributed by atoms with Crippen molar-refractivity contribution >= 4 is 32.9 Å². The van der Waals surface area contributed by atoms with Gasteiger partial charge in [0.1, 0.15) is 5.75 Å². The predicted molar refractivity (Wildman–Crippen MR) is 88.4 cm³/mol. The van der Waals surface area contributed by atoms with E-state index in [9.17, 15) is 0 Å². The number of hydrogen-bond acceptors (Lipinski definition) is 5. The number of hydrogen-bond donors (Lipinski definition) is 1. The maximum atomic E-state index is 5.49. The van der Waals surface area contributed by atoms with Crippen molar-refractivity contribution < 1.29 is 4.74 Å². The zero-order valence-electron chi connectivity index (χ0n) is 11.6. The normalized spacial score (nSPS) is 11.1. The summed E-state index contributed by atoms with van der Waals surface area (Å²) in [7, 11) is 0. The highest BCUT2D eigenvalue weighted by Crippen LogP contribution is 2.29. The summed E-state index contributed by atoms with van der Waals surface area (Å²) >= 11 is 1.56. The molecule has 1 heterocycles. The molecule has 3 aromatic rings. The van der Waals surface area contributed by atoms with E-state index < -0.39 is 0 Å². The van der Waals surface area contributed by atoms with Crippen LogP contribution >= 0.6 is 11.3 Å². The molecule has 0 saturated carbocycles. The summed E-state index contributed by atoms with van der Waals surface area (Å²) in [5.74, 6) is 0.869. The Labute approximate surface area is 127 Å². The molecule has 0 unspecified atom stereocenters. The fourth-order valence-corrected chi connectivity index (χ4v) is 2.75. The molecule has 2 aromatic carbocycles. The molecule has 5 heteroatoms. The number of anilines is 1. The minimum atomic E-state index is 0.663. The van der Waals surface area contributed by atoms with Crippen LogP contribution in [0.5, 0.6) is 5.75 Å². The number of thiazole rings is 1. The molecular formula is C16H15N3OS. The van der Waals surface area contributed by atoms with Crippen molar-refractivity contribution in [3.63, 3.8) is 0 Å². The molecule has 0 bridgehead atoms.